The van der Waals surface area contributed by atoms with Crippen LogP contribution in [0.2, 0.25) is 5.15 Å². The molecule has 0 atom stereocenters. The minimum atomic E-state index is -0.962. The van der Waals surface area contributed by atoms with Crippen LogP contribution in [0.4, 0.5) is 0 Å². The number of aldehydes is 1. The van der Waals surface area contributed by atoms with Gasteiger partial charge in [0.25, 0.3) is 0 Å². The zero-order valence-corrected chi connectivity index (χ0v) is 16.1. The van der Waals surface area contributed by atoms with Crippen LogP contribution in [-0.4, -0.2) is 26.9 Å². The number of benzene rings is 2. The lowest BCUT2D eigenvalue weighted by Crippen LogP contribution is -2.06. The number of carbonyl (C=O) groups excluding carboxylic acids is 1. The van der Waals surface area contributed by atoms with Crippen molar-refractivity contribution in [3.63, 3.8) is 0 Å². The second-order valence-electron chi connectivity index (χ2n) is 6.21. The van der Waals surface area contributed by atoms with E-state index in [-0.39, 0.29) is 10.7 Å². The molecule has 5 nitrogen and oxygen atoms in total. The summed E-state index contributed by atoms with van der Waals surface area (Å²) in [5, 5.41) is 9.55. The van der Waals surface area contributed by atoms with E-state index in [1.807, 2.05) is 49.4 Å². The summed E-state index contributed by atoms with van der Waals surface area (Å²) in [7, 11) is 0. The first kappa shape index (κ1) is 19.6. The first-order valence-electron chi connectivity index (χ1n) is 8.84. The molecule has 1 N–H and O–H groups in total. The number of hydrogen-bond donors (Lipinski definition) is 1. The van der Waals surface area contributed by atoms with E-state index < -0.39 is 5.97 Å². The van der Waals surface area contributed by atoms with Crippen LogP contribution in [0.1, 0.15) is 45.6 Å². The standard InChI is InChI=1S/C22H19ClN2O3/c1-2-3-8-20-24-21(23)19(14-26)25(20)13-15-9-11-16(12-10-15)17-6-4-5-7-18(17)22(27)28/h3-12,14H,2,13H2,1H3,(H,27,28). The molecule has 0 aliphatic heterocycles. The third-order valence-corrected chi connectivity index (χ3v) is 4.65. The lowest BCUT2D eigenvalue weighted by atomic mass is 9.99. The molecule has 1 aromatic heterocycles. The predicted molar refractivity (Wildman–Crippen MR) is 110 cm³/mol. The quantitative estimate of drug-likeness (QED) is 0.560. The van der Waals surface area contributed by atoms with Gasteiger partial charge in [-0.25, -0.2) is 9.78 Å². The molecule has 0 aliphatic rings. The van der Waals surface area contributed by atoms with Gasteiger partial charge in [-0.05, 0) is 35.3 Å². The highest BCUT2D eigenvalue weighted by molar-refractivity contribution is 6.31. The van der Waals surface area contributed by atoms with Crippen LogP contribution in [0.25, 0.3) is 17.2 Å². The average Bonchev–Trinajstić information content (AvgIpc) is 3.01. The molecule has 0 aliphatic carbocycles. The van der Waals surface area contributed by atoms with Crippen LogP contribution in [0.3, 0.4) is 0 Å². The van der Waals surface area contributed by atoms with Crippen LogP contribution in [0.15, 0.2) is 54.6 Å². The third kappa shape index (κ3) is 4.05. The third-order valence-electron chi connectivity index (χ3n) is 4.37. The van der Waals surface area contributed by atoms with Crippen LogP contribution in [-0.2, 0) is 6.54 Å². The highest BCUT2D eigenvalue weighted by Crippen LogP contribution is 2.25. The molecule has 142 valence electrons. The number of imidazole rings is 1. The van der Waals surface area contributed by atoms with E-state index in [9.17, 15) is 14.7 Å². The molecular weight excluding hydrogens is 376 g/mol. The Bertz CT molecular complexity index is 1040. The van der Waals surface area contributed by atoms with E-state index in [1.54, 1.807) is 22.8 Å². The first-order chi connectivity index (χ1) is 13.5. The topological polar surface area (TPSA) is 72.2 Å². The normalized spacial score (nSPS) is 11.1. The van der Waals surface area contributed by atoms with Crippen molar-refractivity contribution >= 4 is 29.9 Å². The minimum absolute atomic E-state index is 0.178. The molecule has 6 heteroatoms. The molecule has 28 heavy (non-hydrogen) atoms. The van der Waals surface area contributed by atoms with E-state index in [2.05, 4.69) is 4.98 Å². The van der Waals surface area contributed by atoms with Crippen molar-refractivity contribution in [2.75, 3.05) is 0 Å². The van der Waals surface area contributed by atoms with Gasteiger partial charge in [0.1, 0.15) is 11.5 Å². The summed E-state index contributed by atoms with van der Waals surface area (Å²) in [5.74, 6) is -0.343. The van der Waals surface area contributed by atoms with Gasteiger partial charge in [-0.1, -0.05) is 67.1 Å². The summed E-state index contributed by atoms with van der Waals surface area (Å²) in [4.78, 5) is 27.1. The summed E-state index contributed by atoms with van der Waals surface area (Å²) >= 11 is 6.10. The highest BCUT2D eigenvalue weighted by Gasteiger charge is 2.15. The van der Waals surface area contributed by atoms with Gasteiger partial charge < -0.3 is 9.67 Å². The van der Waals surface area contributed by atoms with Crippen molar-refractivity contribution in [2.24, 2.45) is 0 Å². The monoisotopic (exact) mass is 394 g/mol. The van der Waals surface area contributed by atoms with Crippen molar-refractivity contribution < 1.29 is 14.7 Å². The van der Waals surface area contributed by atoms with Gasteiger partial charge in [0.05, 0.1) is 5.56 Å². The van der Waals surface area contributed by atoms with Crippen molar-refractivity contribution in [1.29, 1.82) is 0 Å². The average molecular weight is 395 g/mol. The van der Waals surface area contributed by atoms with E-state index in [0.29, 0.717) is 29.9 Å². The molecular formula is C22H19ClN2O3. The summed E-state index contributed by atoms with van der Waals surface area (Å²) in [6.45, 7) is 2.44. The Balaban J connectivity index is 1.93. The number of allylic oxidation sites excluding steroid dienone is 1. The number of hydrogen-bond acceptors (Lipinski definition) is 3. The van der Waals surface area contributed by atoms with Gasteiger partial charge in [0, 0.05) is 6.54 Å². The summed E-state index contributed by atoms with van der Waals surface area (Å²) in [5.41, 5.74) is 3.00. The Kier molecular flexibility index (Phi) is 6.06. The number of nitrogens with zero attached hydrogens (tertiary/aromatic N) is 2. The predicted octanol–water partition coefficient (Wildman–Crippen LogP) is 5.19. The second kappa shape index (κ2) is 8.67. The molecule has 3 rings (SSSR count). The van der Waals surface area contributed by atoms with Crippen molar-refractivity contribution in [1.82, 2.24) is 9.55 Å². The Morgan fingerprint density at radius 2 is 1.89 bits per heavy atom. The largest absolute Gasteiger partial charge is 0.478 e. The Morgan fingerprint density at radius 3 is 2.54 bits per heavy atom. The van der Waals surface area contributed by atoms with Crippen molar-refractivity contribution in [3.05, 3.63) is 82.4 Å². The number of carbonyl (C=O) groups is 2. The molecule has 0 saturated carbocycles. The number of halogens is 1. The second-order valence-corrected chi connectivity index (χ2v) is 6.57. The van der Waals surface area contributed by atoms with Gasteiger partial charge in [-0.2, -0.15) is 0 Å². The van der Waals surface area contributed by atoms with E-state index in [4.69, 9.17) is 11.6 Å². The molecule has 0 bridgehead atoms. The van der Waals surface area contributed by atoms with Crippen LogP contribution in [0, 0.1) is 0 Å². The maximum atomic E-state index is 11.4. The maximum absolute atomic E-state index is 11.4. The van der Waals surface area contributed by atoms with Gasteiger partial charge in [-0.15, -0.1) is 0 Å². The number of aromatic carboxylic acids is 1. The van der Waals surface area contributed by atoms with Gasteiger partial charge >= 0.3 is 5.97 Å². The van der Waals surface area contributed by atoms with E-state index >= 15 is 0 Å². The van der Waals surface area contributed by atoms with Crippen LogP contribution in [0.5, 0.6) is 0 Å². The molecule has 0 amide bonds. The van der Waals surface area contributed by atoms with Gasteiger partial charge in [0.2, 0.25) is 0 Å². The van der Waals surface area contributed by atoms with E-state index in [1.165, 1.54) is 0 Å². The fourth-order valence-corrected chi connectivity index (χ4v) is 3.21. The first-order valence-corrected chi connectivity index (χ1v) is 9.22. The highest BCUT2D eigenvalue weighted by atomic mass is 35.5. The minimum Gasteiger partial charge on any atom is -0.478 e. The maximum Gasteiger partial charge on any atom is 0.336 e. The summed E-state index contributed by atoms with van der Waals surface area (Å²) in [6.07, 6.45) is 5.35. The smallest absolute Gasteiger partial charge is 0.336 e. The Labute approximate surface area is 167 Å². The molecule has 2 aromatic carbocycles. The zero-order valence-electron chi connectivity index (χ0n) is 15.3. The molecule has 1 heterocycles. The number of carboxylic acid groups (broad SMARTS) is 1. The Hall–Kier alpha value is -3.18. The fourth-order valence-electron chi connectivity index (χ4n) is 2.98. The molecule has 0 radical (unpaired) electrons. The lowest BCUT2D eigenvalue weighted by Gasteiger charge is -2.10. The molecule has 0 unspecified atom stereocenters. The van der Waals surface area contributed by atoms with Crippen molar-refractivity contribution in [2.45, 2.75) is 19.9 Å². The SMILES string of the molecule is CCC=Cc1nc(Cl)c(C=O)n1Cc1ccc(-c2ccccc2C(=O)O)cc1. The number of rotatable bonds is 7. The van der Waals surface area contributed by atoms with E-state index in [0.717, 1.165) is 17.5 Å². The molecule has 0 spiro atoms. The van der Waals surface area contributed by atoms with Crippen LogP contribution >= 0.6 is 11.6 Å². The molecule has 3 aromatic rings. The summed E-state index contributed by atoms with van der Waals surface area (Å²) < 4.78 is 1.77. The number of aromatic nitrogens is 2. The van der Waals surface area contributed by atoms with Crippen LogP contribution < -0.4 is 0 Å². The molecule has 0 saturated heterocycles. The van der Waals surface area contributed by atoms with Crippen molar-refractivity contribution in [3.8, 4) is 11.1 Å². The zero-order chi connectivity index (χ0) is 20.1. The Morgan fingerprint density at radius 1 is 1.18 bits per heavy atom. The van der Waals surface area contributed by atoms with Gasteiger partial charge in [-0.3, -0.25) is 4.79 Å². The fraction of sp³-hybridized carbons (Fsp3) is 0.136. The lowest BCUT2D eigenvalue weighted by molar-refractivity contribution is 0.0697. The molecule has 0 fully saturated rings. The summed E-state index contributed by atoms with van der Waals surface area (Å²) in [6, 6.07) is 14.4. The number of carboxylic acids is 1. The van der Waals surface area contributed by atoms with Gasteiger partial charge in [0.15, 0.2) is 11.4 Å².